The van der Waals surface area contributed by atoms with Crippen molar-refractivity contribution in [3.05, 3.63) is 59.7 Å². The summed E-state index contributed by atoms with van der Waals surface area (Å²) in [6.45, 7) is 2.51. The van der Waals surface area contributed by atoms with Crippen LogP contribution in [0.5, 0.6) is 5.75 Å². The maximum absolute atomic E-state index is 12.0. The number of rotatable bonds is 5. The van der Waals surface area contributed by atoms with Gasteiger partial charge in [-0.25, -0.2) is 0 Å². The van der Waals surface area contributed by atoms with Crippen molar-refractivity contribution in [1.29, 1.82) is 0 Å². The third-order valence-electron chi connectivity index (χ3n) is 2.82. The summed E-state index contributed by atoms with van der Waals surface area (Å²) in [5.41, 5.74) is 2.04. The molecule has 0 aliphatic carbocycles. The van der Waals surface area contributed by atoms with E-state index in [0.29, 0.717) is 17.9 Å². The van der Waals surface area contributed by atoms with Gasteiger partial charge in [0.05, 0.1) is 13.2 Å². The van der Waals surface area contributed by atoms with Crippen molar-refractivity contribution in [1.82, 2.24) is 0 Å². The van der Waals surface area contributed by atoms with E-state index in [9.17, 15) is 4.79 Å². The summed E-state index contributed by atoms with van der Waals surface area (Å²) in [5.74, 6) is 0.594. The fourth-order valence-corrected chi connectivity index (χ4v) is 1.77. The van der Waals surface area contributed by atoms with Crippen LogP contribution in [0, 0.1) is 0 Å². The Morgan fingerprint density at radius 2 is 1.75 bits per heavy atom. The molecule has 0 atom stereocenters. The Morgan fingerprint density at radius 3 is 2.30 bits per heavy atom. The van der Waals surface area contributed by atoms with Crippen molar-refractivity contribution in [3.8, 4) is 5.75 Å². The van der Waals surface area contributed by atoms with Gasteiger partial charge in [-0.3, -0.25) is 4.79 Å². The Kier molecular flexibility index (Phi) is 4.74. The van der Waals surface area contributed by atoms with Crippen LogP contribution in [0.3, 0.4) is 0 Å². The third kappa shape index (κ3) is 3.59. The van der Waals surface area contributed by atoms with Crippen molar-refractivity contribution < 1.29 is 14.6 Å². The lowest BCUT2D eigenvalue weighted by molar-refractivity contribution is 0.102. The van der Waals surface area contributed by atoms with Gasteiger partial charge in [0.1, 0.15) is 5.75 Å². The molecule has 0 aliphatic rings. The normalized spacial score (nSPS) is 10.1. The number of hydrogen-bond acceptors (Lipinski definition) is 3. The van der Waals surface area contributed by atoms with Crippen molar-refractivity contribution in [2.24, 2.45) is 0 Å². The highest BCUT2D eigenvalue weighted by Crippen LogP contribution is 2.16. The van der Waals surface area contributed by atoms with Gasteiger partial charge in [0.2, 0.25) is 0 Å². The summed E-state index contributed by atoms with van der Waals surface area (Å²) in [7, 11) is 0. The average Bonchev–Trinajstić information content (AvgIpc) is 2.49. The Balaban J connectivity index is 2.02. The van der Waals surface area contributed by atoms with Gasteiger partial charge in [-0.2, -0.15) is 0 Å². The second-order valence-corrected chi connectivity index (χ2v) is 4.27. The molecule has 0 heterocycles. The number of carbonyl (C=O) groups is 1. The summed E-state index contributed by atoms with van der Waals surface area (Å²) in [5, 5.41) is 11.8. The number of aliphatic hydroxyl groups excluding tert-OH is 1. The molecule has 0 spiro atoms. The van der Waals surface area contributed by atoms with Crippen LogP contribution >= 0.6 is 0 Å². The van der Waals surface area contributed by atoms with E-state index in [4.69, 9.17) is 9.84 Å². The van der Waals surface area contributed by atoms with E-state index in [0.717, 1.165) is 11.3 Å². The van der Waals surface area contributed by atoms with Crippen LogP contribution in [-0.2, 0) is 6.61 Å². The fraction of sp³-hybridized carbons (Fsp3) is 0.188. The number of benzene rings is 2. The smallest absolute Gasteiger partial charge is 0.255 e. The molecule has 20 heavy (non-hydrogen) atoms. The minimum absolute atomic E-state index is 0.0270. The monoisotopic (exact) mass is 271 g/mol. The highest BCUT2D eigenvalue weighted by molar-refractivity contribution is 6.04. The zero-order valence-corrected chi connectivity index (χ0v) is 11.3. The Morgan fingerprint density at radius 1 is 1.10 bits per heavy atom. The van der Waals surface area contributed by atoms with Gasteiger partial charge in [-0.05, 0) is 48.9 Å². The molecule has 0 bridgehead atoms. The number of aliphatic hydroxyl groups is 1. The van der Waals surface area contributed by atoms with Gasteiger partial charge in [-0.15, -0.1) is 0 Å². The lowest BCUT2D eigenvalue weighted by Gasteiger charge is -2.07. The van der Waals surface area contributed by atoms with Crippen LogP contribution in [-0.4, -0.2) is 17.6 Å². The first kappa shape index (κ1) is 14.1. The first-order valence-electron chi connectivity index (χ1n) is 6.47. The van der Waals surface area contributed by atoms with Crippen LogP contribution in [0.1, 0.15) is 22.8 Å². The maximum atomic E-state index is 12.0. The molecular formula is C16H17NO3. The first-order chi connectivity index (χ1) is 9.72. The van der Waals surface area contributed by atoms with Crippen LogP contribution < -0.4 is 10.1 Å². The molecule has 0 saturated carbocycles. The van der Waals surface area contributed by atoms with Crippen molar-refractivity contribution in [2.45, 2.75) is 13.5 Å². The zero-order valence-electron chi connectivity index (χ0n) is 11.3. The van der Waals surface area contributed by atoms with E-state index in [-0.39, 0.29) is 12.5 Å². The average molecular weight is 271 g/mol. The highest BCUT2D eigenvalue weighted by Gasteiger charge is 2.06. The molecule has 0 radical (unpaired) electrons. The van der Waals surface area contributed by atoms with Crippen molar-refractivity contribution in [2.75, 3.05) is 11.9 Å². The standard InChI is InChI=1S/C16H17NO3/c1-2-20-15-9-7-14(8-10-15)17-16(19)13-5-3-12(11-18)4-6-13/h3-10,18H,2,11H2,1H3,(H,17,19). The topological polar surface area (TPSA) is 58.6 Å². The summed E-state index contributed by atoms with van der Waals surface area (Å²) in [6.07, 6.45) is 0. The SMILES string of the molecule is CCOc1ccc(NC(=O)c2ccc(CO)cc2)cc1. The van der Waals surface area contributed by atoms with Crippen LogP contribution in [0.4, 0.5) is 5.69 Å². The lowest BCUT2D eigenvalue weighted by Crippen LogP contribution is -2.11. The molecule has 1 amide bonds. The lowest BCUT2D eigenvalue weighted by atomic mass is 10.1. The van der Waals surface area contributed by atoms with Gasteiger partial charge in [-0.1, -0.05) is 12.1 Å². The molecule has 0 aromatic heterocycles. The number of anilines is 1. The van der Waals surface area contributed by atoms with E-state index in [1.165, 1.54) is 0 Å². The van der Waals surface area contributed by atoms with Crippen molar-refractivity contribution in [3.63, 3.8) is 0 Å². The van der Waals surface area contributed by atoms with Crippen LogP contribution in [0.15, 0.2) is 48.5 Å². The van der Waals surface area contributed by atoms with Crippen molar-refractivity contribution >= 4 is 11.6 Å². The second-order valence-electron chi connectivity index (χ2n) is 4.27. The summed E-state index contributed by atoms with van der Waals surface area (Å²) in [4.78, 5) is 12.0. The molecule has 0 fully saturated rings. The van der Waals surface area contributed by atoms with E-state index >= 15 is 0 Å². The minimum Gasteiger partial charge on any atom is -0.494 e. The first-order valence-corrected chi connectivity index (χ1v) is 6.47. The molecule has 4 nitrogen and oxygen atoms in total. The summed E-state index contributed by atoms with van der Waals surface area (Å²) >= 11 is 0. The van der Waals surface area contributed by atoms with E-state index < -0.39 is 0 Å². The number of hydrogen-bond donors (Lipinski definition) is 2. The van der Waals surface area contributed by atoms with Gasteiger partial charge in [0.25, 0.3) is 5.91 Å². The van der Waals surface area contributed by atoms with Crippen LogP contribution in [0.25, 0.3) is 0 Å². The number of nitrogens with one attached hydrogen (secondary N) is 1. The number of ether oxygens (including phenoxy) is 1. The minimum atomic E-state index is -0.182. The molecule has 0 unspecified atom stereocenters. The quantitative estimate of drug-likeness (QED) is 0.879. The molecule has 2 rings (SSSR count). The largest absolute Gasteiger partial charge is 0.494 e. The maximum Gasteiger partial charge on any atom is 0.255 e. The highest BCUT2D eigenvalue weighted by atomic mass is 16.5. The number of carbonyl (C=O) groups excluding carboxylic acids is 1. The Hall–Kier alpha value is -2.33. The third-order valence-corrected chi connectivity index (χ3v) is 2.82. The molecule has 2 aromatic rings. The predicted molar refractivity (Wildman–Crippen MR) is 77.9 cm³/mol. The molecule has 0 saturated heterocycles. The van der Waals surface area contributed by atoms with Gasteiger partial charge in [0, 0.05) is 11.3 Å². The molecule has 4 heteroatoms. The Labute approximate surface area is 118 Å². The van der Waals surface area contributed by atoms with Gasteiger partial charge in [0.15, 0.2) is 0 Å². The second kappa shape index (κ2) is 6.73. The zero-order chi connectivity index (χ0) is 14.4. The Bertz CT molecular complexity index is 561. The molecule has 0 aliphatic heterocycles. The number of amides is 1. The molecule has 2 aromatic carbocycles. The van der Waals surface area contributed by atoms with Crippen LogP contribution in [0.2, 0.25) is 0 Å². The van der Waals surface area contributed by atoms with E-state index in [1.807, 2.05) is 19.1 Å². The van der Waals surface area contributed by atoms with E-state index in [2.05, 4.69) is 5.32 Å². The molecular weight excluding hydrogens is 254 g/mol. The van der Waals surface area contributed by atoms with Gasteiger partial charge >= 0.3 is 0 Å². The molecule has 2 N–H and O–H groups in total. The summed E-state index contributed by atoms with van der Waals surface area (Å²) < 4.78 is 5.34. The van der Waals surface area contributed by atoms with Gasteiger partial charge < -0.3 is 15.2 Å². The summed E-state index contributed by atoms with van der Waals surface area (Å²) in [6, 6.07) is 14.1. The predicted octanol–water partition coefficient (Wildman–Crippen LogP) is 2.83. The fourth-order valence-electron chi connectivity index (χ4n) is 1.77. The molecule has 104 valence electrons. The van der Waals surface area contributed by atoms with E-state index in [1.54, 1.807) is 36.4 Å².